The highest BCUT2D eigenvalue weighted by molar-refractivity contribution is 6.32. The number of hydrogen-bond acceptors (Lipinski definition) is 5. The Labute approximate surface area is 157 Å². The van der Waals surface area contributed by atoms with Crippen molar-refractivity contribution in [3.8, 4) is 0 Å². The summed E-state index contributed by atoms with van der Waals surface area (Å²) in [6, 6.07) is 4.71. The van der Waals surface area contributed by atoms with Crippen LogP contribution in [0.3, 0.4) is 0 Å². The fraction of sp³-hybridized carbons (Fsp3) is 0.500. The molecule has 1 aromatic rings. The lowest BCUT2D eigenvalue weighted by Crippen LogP contribution is -2.54. The average Bonchev–Trinajstić information content (AvgIpc) is 2.92. The standard InChI is InChI=1S/C18H22ClN3O4/c1-3-26-18(25)21-9-7-20(8-10-21)15-11-16(23)22(17(15)24)14-6-4-5-13(19)12(14)2/h4-6,15H,3,7-11H2,1-2H3/t15-/m1/s1. The number of ether oxygens (including phenoxy) is 1. The first-order valence-electron chi connectivity index (χ1n) is 8.71. The third-order valence-electron chi connectivity index (χ3n) is 4.88. The molecular formula is C18H22ClN3O4. The number of hydrogen-bond donors (Lipinski definition) is 0. The van der Waals surface area contributed by atoms with E-state index in [1.54, 1.807) is 36.9 Å². The lowest BCUT2D eigenvalue weighted by atomic mass is 10.1. The van der Waals surface area contributed by atoms with Gasteiger partial charge in [0.25, 0.3) is 5.91 Å². The van der Waals surface area contributed by atoms with Gasteiger partial charge in [0, 0.05) is 31.2 Å². The molecule has 0 unspecified atom stereocenters. The van der Waals surface area contributed by atoms with Crippen LogP contribution in [0.15, 0.2) is 18.2 Å². The van der Waals surface area contributed by atoms with E-state index >= 15 is 0 Å². The third-order valence-corrected chi connectivity index (χ3v) is 5.29. The number of piperazine rings is 1. The van der Waals surface area contributed by atoms with Gasteiger partial charge in [-0.3, -0.25) is 14.5 Å². The molecule has 0 N–H and O–H groups in total. The molecule has 2 fully saturated rings. The summed E-state index contributed by atoms with van der Waals surface area (Å²) in [4.78, 5) is 42.0. The van der Waals surface area contributed by atoms with Crippen molar-refractivity contribution in [3.63, 3.8) is 0 Å². The van der Waals surface area contributed by atoms with Gasteiger partial charge >= 0.3 is 6.09 Å². The highest BCUT2D eigenvalue weighted by Crippen LogP contribution is 2.32. The van der Waals surface area contributed by atoms with Crippen molar-refractivity contribution < 1.29 is 19.1 Å². The second-order valence-electron chi connectivity index (χ2n) is 6.39. The molecule has 26 heavy (non-hydrogen) atoms. The van der Waals surface area contributed by atoms with Crippen LogP contribution in [-0.2, 0) is 14.3 Å². The summed E-state index contributed by atoms with van der Waals surface area (Å²) in [7, 11) is 0. The maximum absolute atomic E-state index is 12.9. The number of benzene rings is 1. The van der Waals surface area contributed by atoms with Crippen LogP contribution >= 0.6 is 11.6 Å². The van der Waals surface area contributed by atoms with Crippen LogP contribution in [0.5, 0.6) is 0 Å². The number of carbonyl (C=O) groups is 3. The molecule has 1 atom stereocenters. The minimum atomic E-state index is -0.495. The topological polar surface area (TPSA) is 70.2 Å². The lowest BCUT2D eigenvalue weighted by molar-refractivity contribution is -0.123. The van der Waals surface area contributed by atoms with Gasteiger partial charge in [-0.15, -0.1) is 0 Å². The summed E-state index contributed by atoms with van der Waals surface area (Å²) in [6.07, 6.45) is -0.193. The molecule has 0 saturated carbocycles. The molecule has 2 saturated heterocycles. The van der Waals surface area contributed by atoms with E-state index in [2.05, 4.69) is 0 Å². The minimum absolute atomic E-state index is 0.143. The smallest absolute Gasteiger partial charge is 0.409 e. The van der Waals surface area contributed by atoms with Gasteiger partial charge in [-0.25, -0.2) is 9.69 Å². The molecule has 0 aliphatic carbocycles. The number of rotatable bonds is 3. The van der Waals surface area contributed by atoms with Crippen molar-refractivity contribution in [2.24, 2.45) is 0 Å². The zero-order chi connectivity index (χ0) is 18.8. The zero-order valence-electron chi connectivity index (χ0n) is 14.9. The van der Waals surface area contributed by atoms with E-state index in [9.17, 15) is 14.4 Å². The predicted octanol–water partition coefficient (Wildman–Crippen LogP) is 2.05. The van der Waals surface area contributed by atoms with Gasteiger partial charge in [-0.05, 0) is 31.5 Å². The van der Waals surface area contributed by atoms with E-state index in [1.807, 2.05) is 4.90 Å². The molecule has 0 radical (unpaired) electrons. The van der Waals surface area contributed by atoms with E-state index in [1.165, 1.54) is 4.90 Å². The van der Waals surface area contributed by atoms with Crippen molar-refractivity contribution >= 4 is 35.2 Å². The molecule has 3 amide bonds. The summed E-state index contributed by atoms with van der Waals surface area (Å²) in [6.45, 7) is 5.92. The highest BCUT2D eigenvalue weighted by Gasteiger charge is 2.44. The lowest BCUT2D eigenvalue weighted by Gasteiger charge is -2.36. The van der Waals surface area contributed by atoms with Crippen LogP contribution in [0.1, 0.15) is 18.9 Å². The predicted molar refractivity (Wildman–Crippen MR) is 97.3 cm³/mol. The fourth-order valence-electron chi connectivity index (χ4n) is 3.42. The molecule has 1 aromatic carbocycles. The quantitative estimate of drug-likeness (QED) is 0.752. The van der Waals surface area contributed by atoms with Gasteiger partial charge in [0.2, 0.25) is 5.91 Å². The Morgan fingerprint density at radius 1 is 1.23 bits per heavy atom. The van der Waals surface area contributed by atoms with Crippen LogP contribution in [0, 0.1) is 6.92 Å². The van der Waals surface area contributed by atoms with Gasteiger partial charge in [0.05, 0.1) is 24.8 Å². The Hall–Kier alpha value is -2.12. The van der Waals surface area contributed by atoms with E-state index in [0.717, 1.165) is 0 Å². The second kappa shape index (κ2) is 7.63. The number of carbonyl (C=O) groups excluding carboxylic acids is 3. The largest absolute Gasteiger partial charge is 0.450 e. The number of amides is 3. The van der Waals surface area contributed by atoms with Gasteiger partial charge in [-0.1, -0.05) is 17.7 Å². The first-order chi connectivity index (χ1) is 12.4. The van der Waals surface area contributed by atoms with Crippen LogP contribution in [-0.4, -0.2) is 66.5 Å². The minimum Gasteiger partial charge on any atom is -0.450 e. The first kappa shape index (κ1) is 18.7. The Kier molecular flexibility index (Phi) is 5.48. The van der Waals surface area contributed by atoms with E-state index < -0.39 is 6.04 Å². The Morgan fingerprint density at radius 2 is 1.92 bits per heavy atom. The zero-order valence-corrected chi connectivity index (χ0v) is 15.7. The molecule has 0 bridgehead atoms. The number of imide groups is 1. The molecule has 2 aliphatic heterocycles. The maximum atomic E-state index is 12.9. The molecule has 3 rings (SSSR count). The normalized spacial score (nSPS) is 21.4. The molecule has 140 valence electrons. The molecule has 0 spiro atoms. The van der Waals surface area contributed by atoms with E-state index in [-0.39, 0.29) is 24.3 Å². The SMILES string of the molecule is CCOC(=O)N1CCN([C@@H]2CC(=O)N(c3cccc(Cl)c3C)C2=O)CC1. The van der Waals surface area contributed by atoms with Crippen molar-refractivity contribution in [1.82, 2.24) is 9.80 Å². The molecule has 8 heteroatoms. The number of anilines is 1. The van der Waals surface area contributed by atoms with Gasteiger partial charge in [-0.2, -0.15) is 0 Å². The molecular weight excluding hydrogens is 358 g/mol. The van der Waals surface area contributed by atoms with Crippen LogP contribution in [0.4, 0.5) is 10.5 Å². The monoisotopic (exact) mass is 379 g/mol. The molecule has 0 aromatic heterocycles. The summed E-state index contributed by atoms with van der Waals surface area (Å²) >= 11 is 6.14. The Morgan fingerprint density at radius 3 is 2.58 bits per heavy atom. The van der Waals surface area contributed by atoms with Crippen molar-refractivity contribution in [2.45, 2.75) is 26.3 Å². The summed E-state index contributed by atoms with van der Waals surface area (Å²) in [5.41, 5.74) is 1.25. The van der Waals surface area contributed by atoms with Crippen LogP contribution in [0.2, 0.25) is 5.02 Å². The second-order valence-corrected chi connectivity index (χ2v) is 6.80. The van der Waals surface area contributed by atoms with Gasteiger partial charge in [0.15, 0.2) is 0 Å². The maximum Gasteiger partial charge on any atom is 0.409 e. The molecule has 7 nitrogen and oxygen atoms in total. The van der Waals surface area contributed by atoms with Crippen LogP contribution in [0.25, 0.3) is 0 Å². The van der Waals surface area contributed by atoms with Crippen LogP contribution < -0.4 is 4.90 Å². The average molecular weight is 380 g/mol. The highest BCUT2D eigenvalue weighted by atomic mass is 35.5. The summed E-state index contributed by atoms with van der Waals surface area (Å²) in [5, 5.41) is 0.523. The first-order valence-corrected chi connectivity index (χ1v) is 9.09. The number of halogens is 1. The van der Waals surface area contributed by atoms with E-state index in [0.29, 0.717) is 49.1 Å². The Balaban J connectivity index is 1.70. The van der Waals surface area contributed by atoms with Crippen molar-refractivity contribution in [3.05, 3.63) is 28.8 Å². The van der Waals surface area contributed by atoms with Crippen molar-refractivity contribution in [1.29, 1.82) is 0 Å². The molecule has 2 heterocycles. The Bertz CT molecular complexity index is 731. The summed E-state index contributed by atoms with van der Waals surface area (Å²) in [5.74, 6) is -0.455. The summed E-state index contributed by atoms with van der Waals surface area (Å²) < 4.78 is 5.01. The van der Waals surface area contributed by atoms with Gasteiger partial charge < -0.3 is 9.64 Å². The fourth-order valence-corrected chi connectivity index (χ4v) is 3.59. The van der Waals surface area contributed by atoms with E-state index in [4.69, 9.17) is 16.3 Å². The molecule has 2 aliphatic rings. The van der Waals surface area contributed by atoms with Gasteiger partial charge in [0.1, 0.15) is 0 Å². The van der Waals surface area contributed by atoms with Crippen molar-refractivity contribution in [2.75, 3.05) is 37.7 Å². The third kappa shape index (κ3) is 3.41. The number of nitrogens with zero attached hydrogens (tertiary/aromatic N) is 3.